The number of hydrogen-bond donors (Lipinski definition) is 1. The maximum absolute atomic E-state index is 11.6. The lowest BCUT2D eigenvalue weighted by Gasteiger charge is -2.06. The average Bonchev–Trinajstić information content (AvgIpc) is 2.73. The molecule has 0 saturated carbocycles. The number of carbonyl (C=O) groups is 1. The zero-order valence-electron chi connectivity index (χ0n) is 10.4. The van der Waals surface area contributed by atoms with E-state index in [4.69, 9.17) is 10.2 Å². The fourth-order valence-electron chi connectivity index (χ4n) is 1.97. The third-order valence-corrected chi connectivity index (χ3v) is 3.01. The number of Topliss-reactive ketones (excluding diaryl/α,β-unsaturated/α-hetero) is 1. The largest absolute Gasteiger partial charge is 0.453 e. The van der Waals surface area contributed by atoms with Crippen LogP contribution in [0.1, 0.15) is 41.4 Å². The van der Waals surface area contributed by atoms with Gasteiger partial charge in [-0.1, -0.05) is 26.0 Å². The van der Waals surface area contributed by atoms with Crippen molar-refractivity contribution in [1.82, 2.24) is 0 Å². The van der Waals surface area contributed by atoms with E-state index in [2.05, 4.69) is 26.0 Å². The molecule has 3 heteroatoms. The summed E-state index contributed by atoms with van der Waals surface area (Å²) in [5, 5.41) is 1.01. The molecule has 0 aliphatic carbocycles. The Morgan fingerprint density at radius 3 is 2.71 bits per heavy atom. The summed E-state index contributed by atoms with van der Waals surface area (Å²) in [4.78, 5) is 11.6. The number of rotatable bonds is 3. The predicted octanol–water partition coefficient (Wildman–Crippen LogP) is 3.01. The van der Waals surface area contributed by atoms with Crippen LogP contribution in [0.15, 0.2) is 22.6 Å². The lowest BCUT2D eigenvalue weighted by atomic mass is 9.99. The Kier molecular flexibility index (Phi) is 3.03. The molecule has 2 aromatic rings. The fraction of sp³-hybridized carbons (Fsp3) is 0.357. The van der Waals surface area contributed by atoms with E-state index >= 15 is 0 Å². The number of benzene rings is 1. The molecular weight excluding hydrogens is 214 g/mol. The van der Waals surface area contributed by atoms with Crippen molar-refractivity contribution in [1.29, 1.82) is 0 Å². The molecular formula is C14H17NO2. The molecule has 90 valence electrons. The zero-order valence-corrected chi connectivity index (χ0v) is 10.4. The SMILES string of the molecule is Cc1ccc(C(C)C)c2oc(C(=O)CN)cc12. The van der Waals surface area contributed by atoms with Crippen LogP contribution in [0.3, 0.4) is 0 Å². The Morgan fingerprint density at radius 2 is 2.12 bits per heavy atom. The monoisotopic (exact) mass is 231 g/mol. The van der Waals surface area contributed by atoms with Gasteiger partial charge in [0.15, 0.2) is 5.76 Å². The van der Waals surface area contributed by atoms with Gasteiger partial charge in [-0.2, -0.15) is 0 Å². The highest BCUT2D eigenvalue weighted by molar-refractivity contribution is 5.99. The third-order valence-electron chi connectivity index (χ3n) is 3.01. The Bertz CT molecular complexity index is 567. The molecule has 1 aromatic heterocycles. The zero-order chi connectivity index (χ0) is 12.6. The van der Waals surface area contributed by atoms with Crippen LogP contribution in [0, 0.1) is 6.92 Å². The molecule has 0 unspecified atom stereocenters. The Balaban J connectivity index is 2.69. The van der Waals surface area contributed by atoms with Crippen LogP contribution in [-0.2, 0) is 0 Å². The fourth-order valence-corrected chi connectivity index (χ4v) is 1.97. The summed E-state index contributed by atoms with van der Waals surface area (Å²) >= 11 is 0. The molecule has 0 aliphatic rings. The van der Waals surface area contributed by atoms with Crippen molar-refractivity contribution in [3.05, 3.63) is 35.1 Å². The molecule has 3 nitrogen and oxygen atoms in total. The summed E-state index contributed by atoms with van der Waals surface area (Å²) in [5.74, 6) is 0.569. The van der Waals surface area contributed by atoms with Crippen molar-refractivity contribution >= 4 is 16.8 Å². The molecule has 0 amide bonds. The maximum atomic E-state index is 11.6. The first kappa shape index (κ1) is 11.9. The number of furan rings is 1. The van der Waals surface area contributed by atoms with E-state index in [0.717, 1.165) is 22.1 Å². The lowest BCUT2D eigenvalue weighted by Crippen LogP contribution is -2.12. The lowest BCUT2D eigenvalue weighted by molar-refractivity contribution is 0.0977. The Morgan fingerprint density at radius 1 is 1.41 bits per heavy atom. The number of nitrogens with two attached hydrogens (primary N) is 1. The van der Waals surface area contributed by atoms with Gasteiger partial charge < -0.3 is 10.2 Å². The van der Waals surface area contributed by atoms with Crippen molar-refractivity contribution < 1.29 is 9.21 Å². The van der Waals surface area contributed by atoms with Gasteiger partial charge in [-0.15, -0.1) is 0 Å². The van der Waals surface area contributed by atoms with E-state index in [1.165, 1.54) is 0 Å². The van der Waals surface area contributed by atoms with Gasteiger partial charge in [-0.25, -0.2) is 0 Å². The minimum absolute atomic E-state index is 0.0180. The molecule has 0 atom stereocenters. The van der Waals surface area contributed by atoms with Crippen molar-refractivity contribution in [2.75, 3.05) is 6.54 Å². The predicted molar refractivity (Wildman–Crippen MR) is 68.4 cm³/mol. The second kappa shape index (κ2) is 4.34. The van der Waals surface area contributed by atoms with E-state index in [-0.39, 0.29) is 12.3 Å². The quantitative estimate of drug-likeness (QED) is 0.826. The van der Waals surface area contributed by atoms with Gasteiger partial charge in [0.1, 0.15) is 5.58 Å². The Hall–Kier alpha value is -1.61. The number of hydrogen-bond acceptors (Lipinski definition) is 3. The van der Waals surface area contributed by atoms with Crippen LogP contribution in [0.4, 0.5) is 0 Å². The van der Waals surface area contributed by atoms with Gasteiger partial charge in [-0.3, -0.25) is 4.79 Å². The molecule has 0 radical (unpaired) electrons. The molecule has 0 saturated heterocycles. The van der Waals surface area contributed by atoms with E-state index < -0.39 is 0 Å². The van der Waals surface area contributed by atoms with Crippen LogP contribution in [0.2, 0.25) is 0 Å². The molecule has 2 N–H and O–H groups in total. The van der Waals surface area contributed by atoms with Crippen LogP contribution in [0.5, 0.6) is 0 Å². The van der Waals surface area contributed by atoms with Crippen molar-refractivity contribution in [2.45, 2.75) is 26.7 Å². The topological polar surface area (TPSA) is 56.2 Å². The second-order valence-corrected chi connectivity index (χ2v) is 4.61. The first-order chi connectivity index (χ1) is 8.04. The highest BCUT2D eigenvalue weighted by Gasteiger charge is 2.15. The van der Waals surface area contributed by atoms with E-state index in [1.54, 1.807) is 6.07 Å². The van der Waals surface area contributed by atoms with E-state index in [0.29, 0.717) is 11.7 Å². The molecule has 0 spiro atoms. The van der Waals surface area contributed by atoms with Crippen LogP contribution >= 0.6 is 0 Å². The standard InChI is InChI=1S/C14H17NO2/c1-8(2)10-5-4-9(3)11-6-13(12(16)7-15)17-14(10)11/h4-6,8H,7,15H2,1-3H3. The maximum Gasteiger partial charge on any atom is 0.211 e. The molecule has 1 heterocycles. The molecule has 1 aromatic carbocycles. The van der Waals surface area contributed by atoms with Gasteiger partial charge in [0, 0.05) is 5.39 Å². The molecule has 0 bridgehead atoms. The second-order valence-electron chi connectivity index (χ2n) is 4.61. The van der Waals surface area contributed by atoms with Gasteiger partial charge in [-0.05, 0) is 30.0 Å². The summed E-state index contributed by atoms with van der Waals surface area (Å²) in [6, 6.07) is 5.91. The summed E-state index contributed by atoms with van der Waals surface area (Å²) in [7, 11) is 0. The smallest absolute Gasteiger partial charge is 0.211 e. The average molecular weight is 231 g/mol. The third kappa shape index (κ3) is 1.98. The van der Waals surface area contributed by atoms with Crippen molar-refractivity contribution in [3.63, 3.8) is 0 Å². The molecule has 2 rings (SSSR count). The van der Waals surface area contributed by atoms with Gasteiger partial charge in [0.2, 0.25) is 5.78 Å². The number of fused-ring (bicyclic) bond motifs is 1. The van der Waals surface area contributed by atoms with Gasteiger partial charge >= 0.3 is 0 Å². The highest BCUT2D eigenvalue weighted by Crippen LogP contribution is 2.30. The van der Waals surface area contributed by atoms with E-state index in [9.17, 15) is 4.79 Å². The number of ketones is 1. The van der Waals surface area contributed by atoms with Gasteiger partial charge in [0.05, 0.1) is 6.54 Å². The minimum Gasteiger partial charge on any atom is -0.453 e. The summed E-state index contributed by atoms with van der Waals surface area (Å²) in [5.41, 5.74) is 8.41. The van der Waals surface area contributed by atoms with Gasteiger partial charge in [0.25, 0.3) is 0 Å². The summed E-state index contributed by atoms with van der Waals surface area (Å²) in [6.07, 6.45) is 0. The van der Waals surface area contributed by atoms with Crippen molar-refractivity contribution in [3.8, 4) is 0 Å². The summed E-state index contributed by atoms with van der Waals surface area (Å²) < 4.78 is 5.66. The first-order valence-corrected chi connectivity index (χ1v) is 5.81. The van der Waals surface area contributed by atoms with Crippen molar-refractivity contribution in [2.24, 2.45) is 5.73 Å². The number of carbonyl (C=O) groups excluding carboxylic acids is 1. The molecule has 17 heavy (non-hydrogen) atoms. The number of aryl methyl sites for hydroxylation is 1. The summed E-state index contributed by atoms with van der Waals surface area (Å²) in [6.45, 7) is 6.21. The molecule has 0 fully saturated rings. The molecule has 0 aliphatic heterocycles. The minimum atomic E-state index is -0.157. The highest BCUT2D eigenvalue weighted by atomic mass is 16.3. The van der Waals surface area contributed by atoms with Crippen LogP contribution in [-0.4, -0.2) is 12.3 Å². The first-order valence-electron chi connectivity index (χ1n) is 5.81. The normalized spacial score (nSPS) is 11.4. The Labute approximate surface area is 101 Å². The van der Waals surface area contributed by atoms with Crippen LogP contribution in [0.25, 0.3) is 11.0 Å². The van der Waals surface area contributed by atoms with Crippen LogP contribution < -0.4 is 5.73 Å². The van der Waals surface area contributed by atoms with E-state index in [1.807, 2.05) is 6.92 Å².